The minimum absolute atomic E-state index is 0.0837. The van der Waals surface area contributed by atoms with Gasteiger partial charge in [-0.25, -0.2) is 4.39 Å². The number of aromatic nitrogens is 2. The van der Waals surface area contributed by atoms with E-state index in [9.17, 15) is 19.1 Å². The average Bonchev–Trinajstić information content (AvgIpc) is 3.54. The maximum absolute atomic E-state index is 14.1. The molecule has 0 aliphatic carbocycles. The van der Waals surface area contributed by atoms with E-state index in [0.29, 0.717) is 44.9 Å². The summed E-state index contributed by atoms with van der Waals surface area (Å²) in [4.78, 5) is 28.1. The zero-order valence-electron chi connectivity index (χ0n) is 21.5. The van der Waals surface area contributed by atoms with Crippen molar-refractivity contribution >= 4 is 45.7 Å². The Hall–Kier alpha value is -4.22. The van der Waals surface area contributed by atoms with Crippen LogP contribution in [0.5, 0.6) is 11.5 Å². The van der Waals surface area contributed by atoms with Crippen molar-refractivity contribution in [2.45, 2.75) is 23.1 Å². The average molecular weight is 578 g/mol. The first-order valence-electron chi connectivity index (χ1n) is 12.3. The molecular formula is C29H24FN3O5S2. The molecule has 0 saturated carbocycles. The van der Waals surface area contributed by atoms with Crippen molar-refractivity contribution in [3.63, 3.8) is 0 Å². The predicted molar refractivity (Wildman–Crippen MR) is 151 cm³/mol. The third-order valence-electron chi connectivity index (χ3n) is 6.20. The van der Waals surface area contributed by atoms with Crippen molar-refractivity contribution in [1.29, 1.82) is 0 Å². The van der Waals surface area contributed by atoms with Crippen LogP contribution in [0, 0.1) is 5.82 Å². The number of ketones is 1. The van der Waals surface area contributed by atoms with Crippen LogP contribution in [0.3, 0.4) is 0 Å². The van der Waals surface area contributed by atoms with Gasteiger partial charge < -0.3 is 14.6 Å². The number of halogens is 1. The lowest BCUT2D eigenvalue weighted by Crippen LogP contribution is -2.29. The van der Waals surface area contributed by atoms with Gasteiger partial charge in [-0.1, -0.05) is 53.4 Å². The first kappa shape index (κ1) is 27.4. The molecule has 1 fully saturated rings. The summed E-state index contributed by atoms with van der Waals surface area (Å²) < 4.78 is 25.4. The zero-order valence-corrected chi connectivity index (χ0v) is 23.2. The number of carbonyl (C=O) groups excluding carboxylic acids is 2. The summed E-state index contributed by atoms with van der Waals surface area (Å²) in [6.07, 6.45) is 0. The Balaban J connectivity index is 1.55. The molecule has 0 bridgehead atoms. The summed E-state index contributed by atoms with van der Waals surface area (Å²) in [5.41, 5.74) is 1.33. The van der Waals surface area contributed by atoms with Gasteiger partial charge >= 0.3 is 5.91 Å². The largest absolute Gasteiger partial charge is 0.507 e. The molecule has 4 aromatic rings. The van der Waals surface area contributed by atoms with Crippen LogP contribution in [0.25, 0.3) is 5.76 Å². The highest BCUT2D eigenvalue weighted by Crippen LogP contribution is 2.44. The highest BCUT2D eigenvalue weighted by molar-refractivity contribution is 8.00. The Morgan fingerprint density at radius 1 is 1.05 bits per heavy atom. The molecule has 40 heavy (non-hydrogen) atoms. The molecule has 5 rings (SSSR count). The Bertz CT molecular complexity index is 1590. The molecule has 0 spiro atoms. The van der Waals surface area contributed by atoms with Gasteiger partial charge in [0.25, 0.3) is 5.78 Å². The number of thioether (sulfide) groups is 1. The first-order valence-corrected chi connectivity index (χ1v) is 14.1. The predicted octanol–water partition coefficient (Wildman–Crippen LogP) is 6.00. The van der Waals surface area contributed by atoms with E-state index in [4.69, 9.17) is 9.47 Å². The van der Waals surface area contributed by atoms with E-state index >= 15 is 0 Å². The molecule has 1 N–H and O–H groups in total. The fourth-order valence-electron chi connectivity index (χ4n) is 4.30. The molecule has 8 nitrogen and oxygen atoms in total. The maximum Gasteiger partial charge on any atom is 0.301 e. The molecule has 2 heterocycles. The third-order valence-corrected chi connectivity index (χ3v) is 8.31. The fraction of sp³-hybridized carbons (Fsp3) is 0.172. The van der Waals surface area contributed by atoms with Crippen LogP contribution in [-0.2, 0) is 15.3 Å². The van der Waals surface area contributed by atoms with E-state index in [1.807, 2.05) is 6.92 Å². The summed E-state index contributed by atoms with van der Waals surface area (Å²) in [5, 5.41) is 19.9. The van der Waals surface area contributed by atoms with Crippen LogP contribution in [-0.4, -0.2) is 40.7 Å². The molecule has 1 unspecified atom stereocenters. The topological polar surface area (TPSA) is 102 Å². The summed E-state index contributed by atoms with van der Waals surface area (Å²) in [5.74, 6) is -0.899. The van der Waals surface area contributed by atoms with Gasteiger partial charge in [0.05, 0.1) is 25.3 Å². The van der Waals surface area contributed by atoms with Crippen LogP contribution in [0.4, 0.5) is 9.52 Å². The van der Waals surface area contributed by atoms with E-state index in [1.54, 1.807) is 66.7 Å². The number of benzene rings is 3. The van der Waals surface area contributed by atoms with E-state index in [2.05, 4.69) is 10.2 Å². The summed E-state index contributed by atoms with van der Waals surface area (Å²) in [7, 11) is 1.52. The molecule has 11 heteroatoms. The number of Topliss-reactive ketones (excluding diaryl/α,β-unsaturated/α-hetero) is 1. The first-order chi connectivity index (χ1) is 19.4. The molecule has 1 aromatic heterocycles. The molecule has 1 aliphatic rings. The number of aliphatic hydroxyl groups excluding tert-OH is 1. The number of carbonyl (C=O) groups is 2. The molecule has 1 saturated heterocycles. The number of rotatable bonds is 9. The Morgan fingerprint density at radius 2 is 1.82 bits per heavy atom. The second kappa shape index (κ2) is 11.9. The number of nitrogens with zero attached hydrogens (tertiary/aromatic N) is 3. The van der Waals surface area contributed by atoms with Gasteiger partial charge in [0, 0.05) is 11.3 Å². The molecule has 3 aromatic carbocycles. The van der Waals surface area contributed by atoms with Gasteiger partial charge in [0.2, 0.25) is 5.13 Å². The van der Waals surface area contributed by atoms with Crippen molar-refractivity contribution < 1.29 is 28.6 Å². The normalized spacial score (nSPS) is 16.4. The summed E-state index contributed by atoms with van der Waals surface area (Å²) >= 11 is 2.38. The monoisotopic (exact) mass is 577 g/mol. The summed E-state index contributed by atoms with van der Waals surface area (Å²) in [6, 6.07) is 19.0. The van der Waals surface area contributed by atoms with Gasteiger partial charge in [0.15, 0.2) is 4.34 Å². The highest BCUT2D eigenvalue weighted by atomic mass is 32.2. The molecular weight excluding hydrogens is 553 g/mol. The number of ether oxygens (including phenoxy) is 2. The number of hydrogen-bond donors (Lipinski definition) is 1. The van der Waals surface area contributed by atoms with Gasteiger partial charge in [-0.15, -0.1) is 10.2 Å². The number of aliphatic hydroxyl groups is 1. The van der Waals surface area contributed by atoms with Crippen molar-refractivity contribution in [2.75, 3.05) is 18.6 Å². The van der Waals surface area contributed by atoms with Crippen LogP contribution < -0.4 is 14.4 Å². The molecule has 1 amide bonds. The Labute approximate surface area is 238 Å². The molecule has 1 atom stereocenters. The van der Waals surface area contributed by atoms with E-state index in [0.717, 1.165) is 11.3 Å². The van der Waals surface area contributed by atoms with E-state index in [1.165, 1.54) is 29.8 Å². The second-order valence-electron chi connectivity index (χ2n) is 8.63. The van der Waals surface area contributed by atoms with Gasteiger partial charge in [-0.05, 0) is 60.5 Å². The van der Waals surface area contributed by atoms with Crippen molar-refractivity contribution in [1.82, 2.24) is 10.2 Å². The Kier molecular flexibility index (Phi) is 8.13. The van der Waals surface area contributed by atoms with Crippen molar-refractivity contribution in [2.24, 2.45) is 0 Å². The smallest absolute Gasteiger partial charge is 0.301 e. The molecule has 1 aliphatic heterocycles. The fourth-order valence-corrected chi connectivity index (χ4v) is 6.16. The SMILES string of the molecule is CCOc1cccc(C2C(=C(O)c3ccc(OC)cc3)C(=O)C(=O)N2c2nnc(SCc3ccccc3F)s2)c1. The highest BCUT2D eigenvalue weighted by Gasteiger charge is 2.48. The Morgan fingerprint density at radius 3 is 2.55 bits per heavy atom. The quantitative estimate of drug-likeness (QED) is 0.0850. The minimum atomic E-state index is -0.986. The van der Waals surface area contributed by atoms with Gasteiger partial charge in [0.1, 0.15) is 23.1 Å². The molecule has 0 radical (unpaired) electrons. The van der Waals surface area contributed by atoms with Crippen molar-refractivity contribution in [3.8, 4) is 11.5 Å². The van der Waals surface area contributed by atoms with Crippen LogP contribution in [0.1, 0.15) is 29.7 Å². The lowest BCUT2D eigenvalue weighted by molar-refractivity contribution is -0.132. The lowest BCUT2D eigenvalue weighted by Gasteiger charge is -2.23. The van der Waals surface area contributed by atoms with Gasteiger partial charge in [-0.2, -0.15) is 0 Å². The summed E-state index contributed by atoms with van der Waals surface area (Å²) in [6.45, 7) is 2.28. The second-order valence-corrected chi connectivity index (χ2v) is 10.8. The number of hydrogen-bond acceptors (Lipinski definition) is 9. The van der Waals surface area contributed by atoms with Gasteiger partial charge in [-0.3, -0.25) is 14.5 Å². The van der Waals surface area contributed by atoms with Crippen LogP contribution in [0.2, 0.25) is 0 Å². The zero-order chi connectivity index (χ0) is 28.2. The standard InChI is InChI=1S/C29H24FN3O5S2/c1-3-38-21-9-6-8-18(15-21)24-23(25(34)17-11-13-20(37-2)14-12-17)26(35)27(36)33(24)28-31-32-29(40-28)39-16-19-7-4-5-10-22(19)30/h4-15,24,34H,3,16H2,1-2H3. The van der Waals surface area contributed by atoms with Crippen molar-refractivity contribution in [3.05, 3.63) is 101 Å². The number of amides is 1. The van der Waals surface area contributed by atoms with E-state index < -0.39 is 17.7 Å². The third kappa shape index (κ3) is 5.43. The maximum atomic E-state index is 14.1. The lowest BCUT2D eigenvalue weighted by atomic mass is 9.95. The minimum Gasteiger partial charge on any atom is -0.507 e. The van der Waals surface area contributed by atoms with E-state index in [-0.39, 0.29) is 22.3 Å². The van der Waals surface area contributed by atoms with Crippen LogP contribution >= 0.6 is 23.1 Å². The number of methoxy groups -OCH3 is 1. The molecule has 204 valence electrons. The van der Waals surface area contributed by atoms with Crippen LogP contribution in [0.15, 0.2) is 82.7 Å². The number of anilines is 1.